The van der Waals surface area contributed by atoms with Crippen molar-refractivity contribution in [2.24, 2.45) is 5.92 Å². The van der Waals surface area contributed by atoms with Crippen LogP contribution in [0.3, 0.4) is 0 Å². The van der Waals surface area contributed by atoms with Crippen LogP contribution in [0.25, 0.3) is 0 Å². The van der Waals surface area contributed by atoms with Crippen LogP contribution in [0.15, 0.2) is 24.3 Å². The van der Waals surface area contributed by atoms with Crippen molar-refractivity contribution in [1.82, 2.24) is 4.90 Å². The highest BCUT2D eigenvalue weighted by Gasteiger charge is 2.45. The summed E-state index contributed by atoms with van der Waals surface area (Å²) >= 11 is 6.06. The Morgan fingerprint density at radius 2 is 1.70 bits per heavy atom. The fraction of sp³-hybridized carbons (Fsp3) is 0.667. The molecule has 0 aliphatic heterocycles. The second-order valence-electron chi connectivity index (χ2n) is 6.97. The summed E-state index contributed by atoms with van der Waals surface area (Å²) in [6, 6.07) is 9.22. The third-order valence-electron chi connectivity index (χ3n) is 4.94. The van der Waals surface area contributed by atoms with E-state index in [1.807, 2.05) is 12.1 Å². The molecular formula is C18H28ClN. The summed E-state index contributed by atoms with van der Waals surface area (Å²) in [5.74, 6) is 0.778. The topological polar surface area (TPSA) is 3.24 Å². The molecule has 0 bridgehead atoms. The second-order valence-corrected chi connectivity index (χ2v) is 7.40. The first-order valence-corrected chi connectivity index (χ1v) is 8.26. The van der Waals surface area contributed by atoms with Gasteiger partial charge in [0.15, 0.2) is 0 Å². The number of benzene rings is 1. The lowest BCUT2D eigenvalue weighted by Gasteiger charge is -2.51. The molecule has 2 rings (SSSR count). The van der Waals surface area contributed by atoms with Crippen LogP contribution in [0.1, 0.15) is 51.5 Å². The first-order valence-electron chi connectivity index (χ1n) is 7.88. The average Bonchev–Trinajstić information content (AvgIpc) is 2.33. The van der Waals surface area contributed by atoms with Gasteiger partial charge in [0.1, 0.15) is 0 Å². The summed E-state index contributed by atoms with van der Waals surface area (Å²) in [6.45, 7) is 4.64. The van der Waals surface area contributed by atoms with Crippen molar-refractivity contribution < 1.29 is 0 Å². The van der Waals surface area contributed by atoms with Gasteiger partial charge in [0.05, 0.1) is 0 Å². The molecule has 1 saturated carbocycles. The summed E-state index contributed by atoms with van der Waals surface area (Å²) in [4.78, 5) is 2.44. The second kappa shape index (κ2) is 6.49. The van der Waals surface area contributed by atoms with Crippen LogP contribution >= 0.6 is 11.6 Å². The fourth-order valence-electron chi connectivity index (χ4n) is 3.67. The van der Waals surface area contributed by atoms with Crippen LogP contribution < -0.4 is 0 Å². The highest BCUT2D eigenvalue weighted by Crippen LogP contribution is 2.49. The Hall–Kier alpha value is -0.530. The Morgan fingerprint density at radius 1 is 1.10 bits per heavy atom. The lowest BCUT2D eigenvalue weighted by Crippen LogP contribution is -2.52. The molecule has 0 amide bonds. The Bertz CT molecular complexity index is 418. The largest absolute Gasteiger partial charge is 0.306 e. The zero-order valence-electron chi connectivity index (χ0n) is 13.3. The minimum Gasteiger partial charge on any atom is -0.306 e. The number of nitrogens with zero attached hydrogens (tertiary/aromatic N) is 1. The average molecular weight is 294 g/mol. The number of halogens is 1. The zero-order valence-corrected chi connectivity index (χ0v) is 14.1. The van der Waals surface area contributed by atoms with Crippen LogP contribution in [0, 0.1) is 5.92 Å². The van der Waals surface area contributed by atoms with Crippen molar-refractivity contribution in [3.05, 3.63) is 34.9 Å². The Labute approximate surface area is 129 Å². The summed E-state index contributed by atoms with van der Waals surface area (Å²) in [6.07, 6.45) is 6.57. The maximum Gasteiger partial charge on any atom is 0.0406 e. The van der Waals surface area contributed by atoms with E-state index in [0.29, 0.717) is 11.5 Å². The van der Waals surface area contributed by atoms with Gasteiger partial charge in [-0.2, -0.15) is 0 Å². The van der Waals surface area contributed by atoms with E-state index in [4.69, 9.17) is 11.6 Å². The Balaban J connectivity index is 2.24. The lowest BCUT2D eigenvalue weighted by atomic mass is 9.59. The standard InChI is InChI=1S/C18H28ClN/c1-14(2)6-11-17(20(3)4)18(12-5-13-18)15-7-9-16(19)10-8-15/h7-10,14,17H,5-6,11-13H2,1-4H3/t17-/m1/s1. The van der Waals surface area contributed by atoms with E-state index < -0.39 is 0 Å². The molecule has 1 nitrogen and oxygen atoms in total. The lowest BCUT2D eigenvalue weighted by molar-refractivity contribution is 0.0859. The van der Waals surface area contributed by atoms with Gasteiger partial charge in [-0.05, 0) is 63.4 Å². The van der Waals surface area contributed by atoms with Crippen LogP contribution in [0.4, 0.5) is 0 Å². The number of rotatable bonds is 6. The first kappa shape index (κ1) is 15.9. The van der Waals surface area contributed by atoms with E-state index in [9.17, 15) is 0 Å². The molecule has 0 N–H and O–H groups in total. The SMILES string of the molecule is CC(C)CC[C@@H](N(C)C)C1(c2ccc(Cl)cc2)CCC1. The number of hydrogen-bond donors (Lipinski definition) is 0. The van der Waals surface area contributed by atoms with E-state index in [-0.39, 0.29) is 0 Å². The normalized spacial score (nSPS) is 19.1. The van der Waals surface area contributed by atoms with Gasteiger partial charge >= 0.3 is 0 Å². The molecule has 1 aliphatic rings. The highest BCUT2D eigenvalue weighted by atomic mass is 35.5. The van der Waals surface area contributed by atoms with Crippen LogP contribution in [-0.2, 0) is 5.41 Å². The van der Waals surface area contributed by atoms with Crippen molar-refractivity contribution in [2.75, 3.05) is 14.1 Å². The van der Waals surface area contributed by atoms with Gasteiger partial charge in [-0.3, -0.25) is 0 Å². The molecule has 0 heterocycles. The molecule has 20 heavy (non-hydrogen) atoms. The Morgan fingerprint density at radius 3 is 2.10 bits per heavy atom. The summed E-state index contributed by atoms with van der Waals surface area (Å²) < 4.78 is 0. The van der Waals surface area contributed by atoms with Gasteiger partial charge in [0.2, 0.25) is 0 Å². The minimum absolute atomic E-state index is 0.350. The molecule has 2 heteroatoms. The van der Waals surface area contributed by atoms with Crippen LogP contribution in [0.2, 0.25) is 5.02 Å². The summed E-state index contributed by atoms with van der Waals surface area (Å²) in [5.41, 5.74) is 1.83. The molecule has 0 aromatic heterocycles. The molecule has 0 unspecified atom stereocenters. The molecule has 1 aromatic carbocycles. The van der Waals surface area contributed by atoms with Crippen molar-refractivity contribution in [1.29, 1.82) is 0 Å². The third kappa shape index (κ3) is 3.20. The highest BCUT2D eigenvalue weighted by molar-refractivity contribution is 6.30. The predicted molar refractivity (Wildman–Crippen MR) is 88.5 cm³/mol. The van der Waals surface area contributed by atoms with Gasteiger partial charge in [-0.1, -0.05) is 44.0 Å². The molecule has 1 atom stereocenters. The zero-order chi connectivity index (χ0) is 14.8. The Kier molecular flexibility index (Phi) is 5.14. The molecule has 0 radical (unpaired) electrons. The molecule has 1 fully saturated rings. The van der Waals surface area contributed by atoms with Crippen molar-refractivity contribution in [3.8, 4) is 0 Å². The number of likely N-dealkylation sites (N-methyl/N-ethyl adjacent to an activating group) is 1. The molecule has 1 aliphatic carbocycles. The number of hydrogen-bond acceptors (Lipinski definition) is 1. The van der Waals surface area contributed by atoms with Crippen LogP contribution in [-0.4, -0.2) is 25.0 Å². The molecule has 0 saturated heterocycles. The van der Waals surface area contributed by atoms with Gasteiger partial charge in [-0.25, -0.2) is 0 Å². The third-order valence-corrected chi connectivity index (χ3v) is 5.20. The maximum absolute atomic E-state index is 6.06. The van der Waals surface area contributed by atoms with Crippen LogP contribution in [0.5, 0.6) is 0 Å². The maximum atomic E-state index is 6.06. The van der Waals surface area contributed by atoms with Crippen molar-refractivity contribution in [2.45, 2.75) is 57.4 Å². The summed E-state index contributed by atoms with van der Waals surface area (Å²) in [5, 5.41) is 0.840. The van der Waals surface area contributed by atoms with E-state index in [0.717, 1.165) is 10.9 Å². The summed E-state index contributed by atoms with van der Waals surface area (Å²) in [7, 11) is 4.47. The quantitative estimate of drug-likeness (QED) is 0.703. The molecule has 1 aromatic rings. The minimum atomic E-state index is 0.350. The molecule has 112 valence electrons. The molecule has 0 spiro atoms. The van der Waals surface area contributed by atoms with Gasteiger partial charge < -0.3 is 4.90 Å². The molecular weight excluding hydrogens is 266 g/mol. The van der Waals surface area contributed by atoms with E-state index in [1.54, 1.807) is 0 Å². The van der Waals surface area contributed by atoms with Gasteiger partial charge in [-0.15, -0.1) is 0 Å². The van der Waals surface area contributed by atoms with E-state index in [1.165, 1.54) is 37.7 Å². The van der Waals surface area contributed by atoms with Gasteiger partial charge in [0.25, 0.3) is 0 Å². The van der Waals surface area contributed by atoms with E-state index >= 15 is 0 Å². The van der Waals surface area contributed by atoms with E-state index in [2.05, 4.69) is 45.0 Å². The van der Waals surface area contributed by atoms with Crippen molar-refractivity contribution >= 4 is 11.6 Å². The van der Waals surface area contributed by atoms with Gasteiger partial charge in [0, 0.05) is 16.5 Å². The fourth-order valence-corrected chi connectivity index (χ4v) is 3.80. The monoisotopic (exact) mass is 293 g/mol. The first-order chi connectivity index (χ1) is 9.45. The van der Waals surface area contributed by atoms with Crippen molar-refractivity contribution in [3.63, 3.8) is 0 Å². The smallest absolute Gasteiger partial charge is 0.0406 e. The predicted octanol–water partition coefficient (Wildman–Crippen LogP) is 5.13.